The summed E-state index contributed by atoms with van der Waals surface area (Å²) in [5.74, 6) is 0. The summed E-state index contributed by atoms with van der Waals surface area (Å²) in [6, 6.07) is 0.473. The Kier molecular flexibility index (Phi) is 2.81. The summed E-state index contributed by atoms with van der Waals surface area (Å²) in [7, 11) is 0. The van der Waals surface area contributed by atoms with E-state index in [1.54, 1.807) is 11.3 Å². The van der Waals surface area contributed by atoms with E-state index < -0.39 is 0 Å². The zero-order valence-electron chi connectivity index (χ0n) is 8.30. The van der Waals surface area contributed by atoms with Crippen LogP contribution in [0.1, 0.15) is 20.3 Å². The predicted molar refractivity (Wildman–Crippen MR) is 63.9 cm³/mol. The summed E-state index contributed by atoms with van der Waals surface area (Å²) in [4.78, 5) is 4.34. The van der Waals surface area contributed by atoms with Gasteiger partial charge in [-0.2, -0.15) is 0 Å². The van der Waals surface area contributed by atoms with Gasteiger partial charge in [0.25, 0.3) is 0 Å². The van der Waals surface area contributed by atoms with Crippen LogP contribution in [-0.4, -0.2) is 23.1 Å². The van der Waals surface area contributed by atoms with Crippen molar-refractivity contribution >= 4 is 32.4 Å². The molecule has 1 aliphatic heterocycles. The standard InChI is InChI=1S/C9H14BrN3S/c1-9(2)6(3-4-11-9)12-8-13-7(10)5-14-8/h5-6,11H,3-4H2,1-2H3,(H,12,13). The number of nitrogens with zero attached hydrogens (tertiary/aromatic N) is 1. The lowest BCUT2D eigenvalue weighted by molar-refractivity contribution is 0.427. The van der Waals surface area contributed by atoms with Crippen molar-refractivity contribution in [1.82, 2.24) is 10.3 Å². The molecular weight excluding hydrogens is 262 g/mol. The Balaban J connectivity index is 2.04. The largest absolute Gasteiger partial charge is 0.357 e. The third kappa shape index (κ3) is 2.10. The number of thiazole rings is 1. The van der Waals surface area contributed by atoms with Gasteiger partial charge < -0.3 is 10.6 Å². The minimum Gasteiger partial charge on any atom is -0.357 e. The van der Waals surface area contributed by atoms with Gasteiger partial charge >= 0.3 is 0 Å². The van der Waals surface area contributed by atoms with E-state index in [1.807, 2.05) is 5.38 Å². The number of aromatic nitrogens is 1. The molecule has 78 valence electrons. The van der Waals surface area contributed by atoms with Gasteiger partial charge in [0.2, 0.25) is 0 Å². The number of anilines is 1. The molecule has 5 heteroatoms. The number of halogens is 1. The molecule has 0 saturated carbocycles. The molecule has 0 aromatic carbocycles. The van der Waals surface area contributed by atoms with Crippen molar-refractivity contribution in [2.45, 2.75) is 31.8 Å². The maximum Gasteiger partial charge on any atom is 0.184 e. The van der Waals surface area contributed by atoms with Crippen LogP contribution in [0.4, 0.5) is 5.13 Å². The Morgan fingerprint density at radius 1 is 1.71 bits per heavy atom. The fraction of sp³-hybridized carbons (Fsp3) is 0.667. The molecule has 0 radical (unpaired) electrons. The summed E-state index contributed by atoms with van der Waals surface area (Å²) < 4.78 is 0.911. The molecule has 3 nitrogen and oxygen atoms in total. The van der Waals surface area contributed by atoms with E-state index in [9.17, 15) is 0 Å². The van der Waals surface area contributed by atoms with E-state index in [2.05, 4.69) is 45.4 Å². The Hall–Kier alpha value is -0.130. The van der Waals surface area contributed by atoms with E-state index in [0.717, 1.165) is 22.7 Å². The second-order valence-corrected chi connectivity index (χ2v) is 5.78. The molecule has 2 rings (SSSR count). The molecule has 1 fully saturated rings. The second-order valence-electron chi connectivity index (χ2n) is 4.11. The Labute approximate surface area is 96.4 Å². The highest BCUT2D eigenvalue weighted by Gasteiger charge is 2.34. The summed E-state index contributed by atoms with van der Waals surface area (Å²) >= 11 is 4.99. The van der Waals surface area contributed by atoms with Gasteiger partial charge in [-0.05, 0) is 42.7 Å². The van der Waals surface area contributed by atoms with Gasteiger partial charge in [0, 0.05) is 17.0 Å². The highest BCUT2D eigenvalue weighted by atomic mass is 79.9. The predicted octanol–water partition coefficient (Wildman–Crippen LogP) is 2.46. The molecule has 1 aliphatic rings. The van der Waals surface area contributed by atoms with Crippen LogP contribution in [0.5, 0.6) is 0 Å². The van der Waals surface area contributed by atoms with Gasteiger partial charge in [0.1, 0.15) is 4.60 Å². The van der Waals surface area contributed by atoms with E-state index in [-0.39, 0.29) is 5.54 Å². The van der Waals surface area contributed by atoms with Crippen molar-refractivity contribution in [3.8, 4) is 0 Å². The first-order valence-electron chi connectivity index (χ1n) is 4.70. The van der Waals surface area contributed by atoms with Gasteiger partial charge in [0.05, 0.1) is 0 Å². The molecule has 14 heavy (non-hydrogen) atoms. The van der Waals surface area contributed by atoms with Crippen LogP contribution >= 0.6 is 27.3 Å². The first-order valence-corrected chi connectivity index (χ1v) is 6.38. The number of hydrogen-bond donors (Lipinski definition) is 2. The topological polar surface area (TPSA) is 37.0 Å². The van der Waals surface area contributed by atoms with Crippen molar-refractivity contribution in [3.63, 3.8) is 0 Å². The SMILES string of the molecule is CC1(C)NCCC1Nc1nc(Br)cs1. The molecule has 0 bridgehead atoms. The molecule has 0 spiro atoms. The normalized spacial score (nSPS) is 25.2. The molecule has 2 heterocycles. The van der Waals surface area contributed by atoms with E-state index in [1.165, 1.54) is 0 Å². The monoisotopic (exact) mass is 275 g/mol. The molecular formula is C9H14BrN3S. The zero-order valence-corrected chi connectivity index (χ0v) is 10.7. The molecule has 2 N–H and O–H groups in total. The van der Waals surface area contributed by atoms with Crippen molar-refractivity contribution in [2.75, 3.05) is 11.9 Å². The maximum absolute atomic E-state index is 4.34. The Morgan fingerprint density at radius 2 is 2.50 bits per heavy atom. The molecule has 0 amide bonds. The minimum absolute atomic E-state index is 0.165. The van der Waals surface area contributed by atoms with Crippen LogP contribution in [0, 0.1) is 0 Å². The van der Waals surface area contributed by atoms with Gasteiger partial charge in [-0.25, -0.2) is 4.98 Å². The third-order valence-electron chi connectivity index (χ3n) is 2.66. The van der Waals surface area contributed by atoms with Gasteiger partial charge in [0.15, 0.2) is 5.13 Å². The van der Waals surface area contributed by atoms with Crippen LogP contribution in [0.15, 0.2) is 9.98 Å². The first-order chi connectivity index (χ1) is 6.58. The summed E-state index contributed by atoms with van der Waals surface area (Å²) in [5.41, 5.74) is 0.165. The second kappa shape index (κ2) is 3.79. The van der Waals surface area contributed by atoms with Crippen LogP contribution in [0.2, 0.25) is 0 Å². The Bertz CT molecular complexity index is 324. The lowest BCUT2D eigenvalue weighted by Gasteiger charge is -2.27. The quantitative estimate of drug-likeness (QED) is 0.871. The number of rotatable bonds is 2. The highest BCUT2D eigenvalue weighted by Crippen LogP contribution is 2.26. The first kappa shape index (κ1) is 10.4. The van der Waals surface area contributed by atoms with Crippen LogP contribution in [0.3, 0.4) is 0 Å². The zero-order chi connectivity index (χ0) is 10.2. The van der Waals surface area contributed by atoms with E-state index in [0.29, 0.717) is 6.04 Å². The van der Waals surface area contributed by atoms with Gasteiger partial charge in [-0.15, -0.1) is 11.3 Å². The lowest BCUT2D eigenvalue weighted by Crippen LogP contribution is -2.45. The van der Waals surface area contributed by atoms with Crippen LogP contribution in [-0.2, 0) is 0 Å². The fourth-order valence-electron chi connectivity index (χ4n) is 1.74. The average Bonchev–Trinajstić information content (AvgIpc) is 2.61. The van der Waals surface area contributed by atoms with Crippen molar-refractivity contribution < 1.29 is 0 Å². The van der Waals surface area contributed by atoms with Crippen molar-refractivity contribution in [1.29, 1.82) is 0 Å². The van der Waals surface area contributed by atoms with Crippen molar-refractivity contribution in [2.24, 2.45) is 0 Å². The van der Waals surface area contributed by atoms with Crippen LogP contribution < -0.4 is 10.6 Å². The molecule has 1 atom stereocenters. The Morgan fingerprint density at radius 3 is 3.00 bits per heavy atom. The van der Waals surface area contributed by atoms with E-state index in [4.69, 9.17) is 0 Å². The molecule has 0 aliphatic carbocycles. The van der Waals surface area contributed by atoms with Crippen molar-refractivity contribution in [3.05, 3.63) is 9.98 Å². The average molecular weight is 276 g/mol. The smallest absolute Gasteiger partial charge is 0.184 e. The minimum atomic E-state index is 0.165. The number of hydrogen-bond acceptors (Lipinski definition) is 4. The molecule has 1 unspecified atom stereocenters. The van der Waals surface area contributed by atoms with Gasteiger partial charge in [-0.1, -0.05) is 0 Å². The molecule has 1 aromatic rings. The number of nitrogens with one attached hydrogen (secondary N) is 2. The van der Waals surface area contributed by atoms with E-state index >= 15 is 0 Å². The third-order valence-corrected chi connectivity index (χ3v) is 4.14. The summed E-state index contributed by atoms with van der Waals surface area (Å²) in [5, 5.41) is 9.94. The van der Waals surface area contributed by atoms with Crippen LogP contribution in [0.25, 0.3) is 0 Å². The van der Waals surface area contributed by atoms with Gasteiger partial charge in [-0.3, -0.25) is 0 Å². The molecule has 1 saturated heterocycles. The fourth-order valence-corrected chi connectivity index (χ4v) is 2.94. The summed E-state index contributed by atoms with van der Waals surface area (Å²) in [6.07, 6.45) is 1.16. The summed E-state index contributed by atoms with van der Waals surface area (Å²) in [6.45, 7) is 5.53. The lowest BCUT2D eigenvalue weighted by atomic mass is 9.97. The highest BCUT2D eigenvalue weighted by molar-refractivity contribution is 9.10. The molecule has 1 aromatic heterocycles. The maximum atomic E-state index is 4.34.